The van der Waals surface area contributed by atoms with Crippen LogP contribution in [0.4, 0.5) is 0 Å². The minimum atomic E-state index is 0. The van der Waals surface area contributed by atoms with E-state index in [9.17, 15) is 0 Å². The van der Waals surface area contributed by atoms with Crippen LogP contribution in [-0.4, -0.2) is 0 Å². The van der Waals surface area contributed by atoms with E-state index in [-0.39, 0.29) is 12.4 Å². The molecule has 3 heteroatoms. The molecular formula is C8H10ClNO. The fourth-order valence-electron chi connectivity index (χ4n) is 0.682. The third-order valence-electron chi connectivity index (χ3n) is 1.14. The van der Waals surface area contributed by atoms with E-state index in [4.69, 9.17) is 5.90 Å². The van der Waals surface area contributed by atoms with Gasteiger partial charge < -0.3 is 4.84 Å². The Balaban J connectivity index is 0.000001000. The minimum absolute atomic E-state index is 0. The fraction of sp³-hybridized carbons (Fsp3) is 0. The van der Waals surface area contributed by atoms with Gasteiger partial charge in [-0.1, -0.05) is 30.3 Å². The summed E-state index contributed by atoms with van der Waals surface area (Å²) in [6.45, 7) is 0. The predicted octanol–water partition coefficient (Wildman–Crippen LogP) is 1.97. The summed E-state index contributed by atoms with van der Waals surface area (Å²) in [6.07, 6.45) is 3.23. The lowest BCUT2D eigenvalue weighted by Crippen LogP contribution is -1.87. The normalized spacial score (nSPS) is 9.18. The Labute approximate surface area is 72.0 Å². The molecule has 0 unspecified atom stereocenters. The molecule has 60 valence electrons. The number of hydrogen-bond donors (Lipinski definition) is 1. The molecule has 0 aliphatic carbocycles. The van der Waals surface area contributed by atoms with Crippen LogP contribution in [0, 0.1) is 0 Å². The first kappa shape index (κ1) is 10.0. The SMILES string of the molecule is Cl.NOC=Cc1ccccc1. The number of benzene rings is 1. The molecule has 0 fully saturated rings. The molecule has 0 amide bonds. The van der Waals surface area contributed by atoms with E-state index in [0.717, 1.165) is 5.56 Å². The molecule has 0 aromatic heterocycles. The molecule has 0 heterocycles. The topological polar surface area (TPSA) is 35.2 Å². The van der Waals surface area contributed by atoms with Crippen LogP contribution in [0.25, 0.3) is 6.08 Å². The maximum absolute atomic E-state index is 4.79. The summed E-state index contributed by atoms with van der Waals surface area (Å²) in [7, 11) is 0. The highest BCUT2D eigenvalue weighted by Gasteiger charge is 1.79. The lowest BCUT2D eigenvalue weighted by atomic mass is 10.2. The van der Waals surface area contributed by atoms with Crippen molar-refractivity contribution in [3.05, 3.63) is 42.2 Å². The Morgan fingerprint density at radius 2 is 1.82 bits per heavy atom. The van der Waals surface area contributed by atoms with Crippen molar-refractivity contribution in [3.8, 4) is 0 Å². The summed E-state index contributed by atoms with van der Waals surface area (Å²) in [5.74, 6) is 4.79. The van der Waals surface area contributed by atoms with E-state index in [1.807, 2.05) is 30.3 Å². The predicted molar refractivity (Wildman–Crippen MR) is 48.0 cm³/mol. The molecule has 0 spiro atoms. The van der Waals surface area contributed by atoms with Gasteiger partial charge in [0.05, 0.1) is 0 Å². The minimum Gasteiger partial charge on any atom is -0.419 e. The van der Waals surface area contributed by atoms with Gasteiger partial charge in [0, 0.05) is 0 Å². The Morgan fingerprint density at radius 1 is 1.18 bits per heavy atom. The van der Waals surface area contributed by atoms with Gasteiger partial charge >= 0.3 is 0 Å². The lowest BCUT2D eigenvalue weighted by Gasteiger charge is -1.89. The van der Waals surface area contributed by atoms with Crippen molar-refractivity contribution in [3.63, 3.8) is 0 Å². The van der Waals surface area contributed by atoms with Crippen LogP contribution in [-0.2, 0) is 4.84 Å². The maximum atomic E-state index is 4.79. The molecule has 1 rings (SSSR count). The number of nitrogens with two attached hydrogens (primary N) is 1. The Bertz CT molecular complexity index is 211. The second kappa shape index (κ2) is 5.77. The van der Waals surface area contributed by atoms with Crippen LogP contribution >= 0.6 is 12.4 Å². The average Bonchev–Trinajstić information content (AvgIpc) is 2.03. The van der Waals surface area contributed by atoms with Gasteiger partial charge in [-0.2, -0.15) is 5.90 Å². The van der Waals surface area contributed by atoms with Gasteiger partial charge in [-0.15, -0.1) is 12.4 Å². The van der Waals surface area contributed by atoms with Crippen molar-refractivity contribution in [2.75, 3.05) is 0 Å². The van der Waals surface area contributed by atoms with Gasteiger partial charge in [0.15, 0.2) is 0 Å². The van der Waals surface area contributed by atoms with E-state index >= 15 is 0 Å². The quantitative estimate of drug-likeness (QED) is 0.546. The molecule has 0 saturated heterocycles. The summed E-state index contributed by atoms with van der Waals surface area (Å²) < 4.78 is 0. The van der Waals surface area contributed by atoms with Crippen LogP contribution in [0.15, 0.2) is 36.6 Å². The molecule has 0 aliphatic rings. The van der Waals surface area contributed by atoms with Gasteiger partial charge in [-0.25, -0.2) is 0 Å². The first-order chi connectivity index (χ1) is 4.93. The molecule has 1 aromatic rings. The summed E-state index contributed by atoms with van der Waals surface area (Å²) in [4.78, 5) is 4.27. The third kappa shape index (κ3) is 3.65. The van der Waals surface area contributed by atoms with Gasteiger partial charge in [-0.05, 0) is 11.6 Å². The third-order valence-corrected chi connectivity index (χ3v) is 1.14. The molecule has 1 aromatic carbocycles. The fourth-order valence-corrected chi connectivity index (χ4v) is 0.682. The standard InChI is InChI=1S/C8H9NO.ClH/c9-10-7-6-8-4-2-1-3-5-8;/h1-7H,9H2;1H. The molecule has 0 bridgehead atoms. The van der Waals surface area contributed by atoms with E-state index in [2.05, 4.69) is 4.84 Å². The van der Waals surface area contributed by atoms with Crippen LogP contribution in [0.3, 0.4) is 0 Å². The Morgan fingerprint density at radius 3 is 2.36 bits per heavy atom. The first-order valence-corrected chi connectivity index (χ1v) is 3.00. The van der Waals surface area contributed by atoms with Crippen LogP contribution in [0.2, 0.25) is 0 Å². The Kier molecular flexibility index (Phi) is 5.25. The van der Waals surface area contributed by atoms with Crippen LogP contribution in [0.1, 0.15) is 5.56 Å². The van der Waals surface area contributed by atoms with Crippen molar-refractivity contribution in [2.45, 2.75) is 0 Å². The molecule has 0 atom stereocenters. The second-order valence-corrected chi connectivity index (χ2v) is 1.85. The van der Waals surface area contributed by atoms with Crippen LogP contribution in [0.5, 0.6) is 0 Å². The monoisotopic (exact) mass is 171 g/mol. The van der Waals surface area contributed by atoms with Crippen molar-refractivity contribution in [1.29, 1.82) is 0 Å². The number of hydrogen-bond acceptors (Lipinski definition) is 2. The Hall–Kier alpha value is -0.990. The summed E-state index contributed by atoms with van der Waals surface area (Å²) in [6, 6.07) is 9.80. The number of rotatable bonds is 2. The van der Waals surface area contributed by atoms with Gasteiger partial charge in [0.2, 0.25) is 0 Å². The molecule has 11 heavy (non-hydrogen) atoms. The highest BCUT2D eigenvalue weighted by Crippen LogP contribution is 1.99. The zero-order valence-corrected chi connectivity index (χ0v) is 6.75. The lowest BCUT2D eigenvalue weighted by molar-refractivity contribution is 0.264. The zero-order valence-electron chi connectivity index (χ0n) is 5.94. The van der Waals surface area contributed by atoms with Crippen molar-refractivity contribution < 1.29 is 4.84 Å². The van der Waals surface area contributed by atoms with Gasteiger partial charge in [-0.3, -0.25) is 0 Å². The van der Waals surface area contributed by atoms with Crippen molar-refractivity contribution in [2.24, 2.45) is 5.90 Å². The zero-order chi connectivity index (χ0) is 7.23. The molecule has 0 radical (unpaired) electrons. The molecule has 0 saturated carbocycles. The highest BCUT2D eigenvalue weighted by atomic mass is 35.5. The molecule has 0 aliphatic heterocycles. The summed E-state index contributed by atoms with van der Waals surface area (Å²) in [5.41, 5.74) is 1.08. The van der Waals surface area contributed by atoms with Gasteiger partial charge in [0.1, 0.15) is 6.26 Å². The summed E-state index contributed by atoms with van der Waals surface area (Å²) in [5, 5.41) is 0. The molecule has 2 nitrogen and oxygen atoms in total. The second-order valence-electron chi connectivity index (χ2n) is 1.85. The number of halogens is 1. The van der Waals surface area contributed by atoms with Crippen molar-refractivity contribution >= 4 is 18.5 Å². The van der Waals surface area contributed by atoms with Crippen molar-refractivity contribution in [1.82, 2.24) is 0 Å². The van der Waals surface area contributed by atoms with E-state index in [1.165, 1.54) is 6.26 Å². The largest absolute Gasteiger partial charge is 0.419 e. The summed E-state index contributed by atoms with van der Waals surface area (Å²) >= 11 is 0. The maximum Gasteiger partial charge on any atom is 0.111 e. The average molecular weight is 172 g/mol. The smallest absolute Gasteiger partial charge is 0.111 e. The molecule has 2 N–H and O–H groups in total. The van der Waals surface area contributed by atoms with E-state index in [0.29, 0.717) is 0 Å². The molecular weight excluding hydrogens is 162 g/mol. The van der Waals surface area contributed by atoms with Gasteiger partial charge in [0.25, 0.3) is 0 Å². The highest BCUT2D eigenvalue weighted by molar-refractivity contribution is 5.85. The first-order valence-electron chi connectivity index (χ1n) is 3.00. The van der Waals surface area contributed by atoms with Crippen LogP contribution < -0.4 is 5.90 Å². The van der Waals surface area contributed by atoms with E-state index < -0.39 is 0 Å². The van der Waals surface area contributed by atoms with E-state index in [1.54, 1.807) is 6.08 Å².